The molecule has 1 aliphatic rings. The van der Waals surface area contributed by atoms with Crippen molar-refractivity contribution < 1.29 is 16.1 Å². The van der Waals surface area contributed by atoms with E-state index in [4.69, 9.17) is 6.52 Å². The lowest BCUT2D eigenvalue weighted by Crippen LogP contribution is -2.48. The van der Waals surface area contributed by atoms with Crippen LogP contribution in [0.5, 0.6) is 0 Å². The molecule has 1 aromatic heterocycles. The number of aromatic nitrogens is 2. The molecule has 23 heavy (non-hydrogen) atoms. The largest absolute Gasteiger partial charge is 0.465 e. The molecule has 0 aliphatic carbocycles. The summed E-state index contributed by atoms with van der Waals surface area (Å²) >= 11 is 0. The van der Waals surface area contributed by atoms with Gasteiger partial charge in [0.15, 0.2) is 7.20 Å². The van der Waals surface area contributed by atoms with Crippen molar-refractivity contribution in [1.82, 2.24) is 20.6 Å². The minimum absolute atomic E-state index is 0.0784. The van der Waals surface area contributed by atoms with Crippen LogP contribution in [0.2, 0.25) is 1.41 Å². The monoisotopic (exact) mass is 315 g/mol. The Labute approximate surface area is 134 Å². The Bertz CT molecular complexity index is 735. The fourth-order valence-corrected chi connectivity index (χ4v) is 2.90. The van der Waals surface area contributed by atoms with Crippen molar-refractivity contribution in [1.29, 1.82) is 0 Å². The van der Waals surface area contributed by atoms with Crippen LogP contribution in [0, 0.1) is 0 Å². The number of carbonyl (C=O) groups is 2. The molecule has 1 unspecified atom stereocenters. The number of ketones is 1. The predicted octanol–water partition coefficient (Wildman–Crippen LogP) is 1.04. The van der Waals surface area contributed by atoms with Gasteiger partial charge in [0.25, 0.3) is 0 Å². The molecular formula is C16H18N4O3. The summed E-state index contributed by atoms with van der Waals surface area (Å²) in [5.41, 5.74) is 2.53. The second kappa shape index (κ2) is 6.62. The van der Waals surface area contributed by atoms with Crippen molar-refractivity contribution in [2.75, 3.05) is 6.54 Å². The van der Waals surface area contributed by atoms with E-state index in [1.165, 1.54) is 12.5 Å². The van der Waals surface area contributed by atoms with Crippen LogP contribution in [-0.4, -0.2) is 39.5 Å². The molecule has 0 fully saturated rings. The van der Waals surface area contributed by atoms with Crippen LogP contribution in [0.15, 0.2) is 36.8 Å². The van der Waals surface area contributed by atoms with Gasteiger partial charge in [-0.1, -0.05) is 24.3 Å². The Kier molecular flexibility index (Phi) is 4.01. The molecule has 0 radical (unpaired) electrons. The van der Waals surface area contributed by atoms with Gasteiger partial charge >= 0.3 is 6.09 Å². The van der Waals surface area contributed by atoms with Crippen LogP contribution in [0.4, 0.5) is 4.79 Å². The quantitative estimate of drug-likeness (QED) is 0.659. The van der Waals surface area contributed by atoms with E-state index >= 15 is 0 Å². The predicted molar refractivity (Wildman–Crippen MR) is 83.1 cm³/mol. The minimum atomic E-state index is -1.46. The molecule has 1 aliphatic heterocycles. The van der Waals surface area contributed by atoms with Crippen LogP contribution >= 0.6 is 0 Å². The second-order valence-electron chi connectivity index (χ2n) is 5.45. The number of amides is 1. The van der Waals surface area contributed by atoms with Crippen LogP contribution in [-0.2, 0) is 17.6 Å². The molecule has 0 saturated carbocycles. The maximum atomic E-state index is 13.0. The highest BCUT2D eigenvalue weighted by Gasteiger charge is 2.32. The Morgan fingerprint density at radius 3 is 3.04 bits per heavy atom. The van der Waals surface area contributed by atoms with Gasteiger partial charge in [0.1, 0.15) is 0 Å². The molecule has 4 N–H and O–H groups in total. The van der Waals surface area contributed by atoms with Crippen molar-refractivity contribution in [3.63, 3.8) is 0 Å². The standard InChI is InChI=1S/C16H18N4O3/c21-15(13(20-16(22)23)7-11-8-17-9-19-11)14-12-4-2-1-3-10(12)5-6-18-14/h1-4,8-9,13-14,18,20H,5-7H2,(H,17,19)(H,22,23)/t13-,14?/m0/s1/i/hD. The molecule has 0 spiro atoms. The summed E-state index contributed by atoms with van der Waals surface area (Å²) in [7, 11) is 0. The summed E-state index contributed by atoms with van der Waals surface area (Å²) in [6.07, 6.45) is 2.42. The van der Waals surface area contributed by atoms with Crippen molar-refractivity contribution in [2.24, 2.45) is 0 Å². The van der Waals surface area contributed by atoms with Gasteiger partial charge in [-0.15, -0.1) is 0 Å². The number of aromatic amines is 1. The third-order valence-corrected chi connectivity index (χ3v) is 3.96. The van der Waals surface area contributed by atoms with Gasteiger partial charge in [0, 0.05) is 24.9 Å². The molecule has 1 amide bonds. The fraction of sp³-hybridized carbons (Fsp3) is 0.312. The number of nitrogens with one attached hydrogen (secondary N) is 3. The molecular weight excluding hydrogens is 296 g/mol. The molecule has 0 bridgehead atoms. The van der Waals surface area contributed by atoms with Crippen molar-refractivity contribution in [3.05, 3.63) is 53.6 Å². The first kappa shape index (κ1) is 14.0. The van der Waals surface area contributed by atoms with Gasteiger partial charge in [-0.3, -0.25) is 4.79 Å². The van der Waals surface area contributed by atoms with Crippen molar-refractivity contribution >= 4 is 11.9 Å². The summed E-state index contributed by atoms with van der Waals surface area (Å²) in [4.78, 5) is 31.0. The third-order valence-electron chi connectivity index (χ3n) is 3.96. The van der Waals surface area contributed by atoms with Gasteiger partial charge in [-0.25, -0.2) is 9.78 Å². The lowest BCUT2D eigenvalue weighted by Gasteiger charge is -2.28. The second-order valence-corrected chi connectivity index (χ2v) is 5.45. The van der Waals surface area contributed by atoms with Crippen LogP contribution in [0.3, 0.4) is 0 Å². The molecule has 120 valence electrons. The highest BCUT2D eigenvalue weighted by molar-refractivity contribution is 5.93. The molecule has 3 rings (SSSR count). The average Bonchev–Trinajstić information content (AvgIpc) is 3.11. The minimum Gasteiger partial charge on any atom is -0.465 e. The number of benzene rings is 1. The lowest BCUT2D eigenvalue weighted by atomic mass is 9.88. The zero-order chi connectivity index (χ0) is 17.1. The van der Waals surface area contributed by atoms with Gasteiger partial charge < -0.3 is 20.7 Å². The zero-order valence-corrected chi connectivity index (χ0v) is 12.4. The number of carbonyl (C=O) groups excluding carboxylic acids is 1. The Balaban J connectivity index is 1.90. The van der Waals surface area contributed by atoms with Gasteiger partial charge in [0.05, 0.1) is 18.4 Å². The van der Waals surface area contributed by atoms with E-state index < -0.39 is 18.2 Å². The number of H-pyrrole nitrogens is 1. The van der Waals surface area contributed by atoms with E-state index in [9.17, 15) is 9.59 Å². The molecule has 2 heterocycles. The number of hydrogen-bond acceptors (Lipinski definition) is 4. The van der Waals surface area contributed by atoms with E-state index in [1.54, 1.807) is 0 Å². The molecule has 7 heteroatoms. The number of imidazole rings is 1. The molecule has 2 aromatic rings. The van der Waals surface area contributed by atoms with Crippen LogP contribution in [0.25, 0.3) is 0 Å². The normalized spacial score (nSPS) is 18.6. The number of rotatable bonds is 5. The topological polar surface area (TPSA) is 107 Å². The van der Waals surface area contributed by atoms with E-state index in [-0.39, 0.29) is 12.2 Å². The Hall–Kier alpha value is -2.67. The van der Waals surface area contributed by atoms with Gasteiger partial charge in [0.2, 0.25) is 0 Å². The van der Waals surface area contributed by atoms with Gasteiger partial charge in [-0.05, 0) is 17.5 Å². The molecule has 0 saturated heterocycles. The van der Waals surface area contributed by atoms with E-state index in [0.29, 0.717) is 17.5 Å². The summed E-state index contributed by atoms with van der Waals surface area (Å²) in [6.45, 7) is 0.634. The first-order valence-electron chi connectivity index (χ1n) is 7.86. The summed E-state index contributed by atoms with van der Waals surface area (Å²) in [5.74, 6) is -0.339. The van der Waals surface area contributed by atoms with Crippen LogP contribution in [0.1, 0.15) is 22.9 Å². The number of carboxylic acid groups (broad SMARTS) is 1. The molecule has 1 aromatic carbocycles. The summed E-state index contributed by atoms with van der Waals surface area (Å²) in [5, 5.41) is 12.6. The zero-order valence-electron chi connectivity index (χ0n) is 13.4. The van der Waals surface area contributed by atoms with Crippen molar-refractivity contribution in [2.45, 2.75) is 24.9 Å². The van der Waals surface area contributed by atoms with E-state index in [2.05, 4.69) is 15.3 Å². The Morgan fingerprint density at radius 2 is 2.30 bits per heavy atom. The Morgan fingerprint density at radius 1 is 1.48 bits per heavy atom. The number of nitrogens with zero attached hydrogens (tertiary/aromatic N) is 1. The number of Topliss-reactive ketones (excluding diaryl/α,β-unsaturated/α-hetero) is 1. The van der Waals surface area contributed by atoms with E-state index in [0.717, 1.165) is 17.5 Å². The fourth-order valence-electron chi connectivity index (χ4n) is 2.90. The smallest absolute Gasteiger partial charge is 0.405 e. The first-order chi connectivity index (χ1) is 11.6. The highest BCUT2D eigenvalue weighted by atomic mass is 16.4. The molecule has 2 atom stereocenters. The number of hydrogen-bond donors (Lipinski definition) is 4. The van der Waals surface area contributed by atoms with Gasteiger partial charge in [-0.2, -0.15) is 0 Å². The summed E-state index contributed by atoms with van der Waals surface area (Å²) in [6, 6.07) is 5.87. The first-order valence-corrected chi connectivity index (χ1v) is 7.41. The maximum Gasteiger partial charge on any atom is 0.405 e. The van der Waals surface area contributed by atoms with E-state index in [1.807, 2.05) is 24.3 Å². The average molecular weight is 315 g/mol. The van der Waals surface area contributed by atoms with Crippen molar-refractivity contribution in [3.8, 4) is 0 Å². The van der Waals surface area contributed by atoms with Crippen LogP contribution < -0.4 is 10.6 Å². The molecule has 7 nitrogen and oxygen atoms in total. The maximum absolute atomic E-state index is 13.0. The lowest BCUT2D eigenvalue weighted by molar-refractivity contribution is -0.123. The summed E-state index contributed by atoms with van der Waals surface area (Å²) < 4.78 is 7.77. The SMILES string of the molecule is [2H]N(C(=O)O)[C@@H](Cc1cnc[nH]1)C(=O)C1NCCc2ccccc21. The third kappa shape index (κ3) is 3.40. The highest BCUT2D eigenvalue weighted by Crippen LogP contribution is 2.24. The number of fused-ring (bicyclic) bond motifs is 1.